The minimum Gasteiger partial charge on any atom is -0.483 e. The zero-order valence-electron chi connectivity index (χ0n) is 18.6. The van der Waals surface area contributed by atoms with E-state index in [9.17, 15) is 4.79 Å². The third kappa shape index (κ3) is 3.71. The molecule has 1 saturated carbocycles. The average Bonchev–Trinajstić information content (AvgIpc) is 3.63. The molecule has 1 aliphatic carbocycles. The van der Waals surface area contributed by atoms with Crippen LogP contribution in [0.2, 0.25) is 0 Å². The number of amides is 1. The van der Waals surface area contributed by atoms with Crippen molar-refractivity contribution < 1.29 is 18.4 Å². The van der Waals surface area contributed by atoms with Crippen LogP contribution in [0, 0.1) is 5.92 Å². The molecule has 2 aromatic heterocycles. The minimum absolute atomic E-state index is 0.0719. The Labute approximate surface area is 197 Å². The number of hydrogen-bond donors (Lipinski definition) is 0. The Kier molecular flexibility index (Phi) is 5.26. The summed E-state index contributed by atoms with van der Waals surface area (Å²) >= 11 is 0. The second kappa shape index (κ2) is 8.71. The number of allylic oxidation sites excluding steroid dienone is 1. The van der Waals surface area contributed by atoms with Crippen LogP contribution in [0.4, 0.5) is 0 Å². The first-order chi connectivity index (χ1) is 16.8. The molecule has 0 saturated heterocycles. The SMILES string of the molecule is O=C(COc1cccc2ccccc12)N1N=C2/C(=C/c3ccco3)CCCC2C1c1ccco1. The molecular weight excluding hydrogens is 428 g/mol. The maximum atomic E-state index is 13.4. The van der Waals surface area contributed by atoms with Gasteiger partial charge in [0.25, 0.3) is 5.91 Å². The Morgan fingerprint density at radius 2 is 1.88 bits per heavy atom. The molecule has 34 heavy (non-hydrogen) atoms. The fraction of sp³-hybridized carbons (Fsp3) is 0.214. The lowest BCUT2D eigenvalue weighted by molar-refractivity contribution is -0.136. The number of furan rings is 2. The zero-order chi connectivity index (χ0) is 22.9. The zero-order valence-corrected chi connectivity index (χ0v) is 18.6. The second-order valence-electron chi connectivity index (χ2n) is 8.63. The van der Waals surface area contributed by atoms with E-state index in [1.807, 2.05) is 72.8 Å². The number of ether oxygens (including phenoxy) is 1. The van der Waals surface area contributed by atoms with Gasteiger partial charge in [-0.3, -0.25) is 4.79 Å². The van der Waals surface area contributed by atoms with Gasteiger partial charge in [-0.05, 0) is 66.6 Å². The molecule has 2 aliphatic rings. The summed E-state index contributed by atoms with van der Waals surface area (Å²) in [6.07, 6.45) is 8.19. The van der Waals surface area contributed by atoms with Crippen LogP contribution >= 0.6 is 0 Å². The number of hydrogen-bond acceptors (Lipinski definition) is 5. The largest absolute Gasteiger partial charge is 0.483 e. The Morgan fingerprint density at radius 3 is 2.74 bits per heavy atom. The van der Waals surface area contributed by atoms with Crippen LogP contribution in [0.1, 0.15) is 36.8 Å². The Balaban J connectivity index is 1.30. The molecule has 1 fully saturated rings. The van der Waals surface area contributed by atoms with E-state index in [1.54, 1.807) is 17.5 Å². The summed E-state index contributed by atoms with van der Waals surface area (Å²) in [6, 6.07) is 21.1. The van der Waals surface area contributed by atoms with E-state index < -0.39 is 0 Å². The molecule has 0 radical (unpaired) electrons. The van der Waals surface area contributed by atoms with Gasteiger partial charge in [0.1, 0.15) is 23.3 Å². The molecule has 6 rings (SSSR count). The fourth-order valence-corrected chi connectivity index (χ4v) is 5.02. The molecule has 0 spiro atoms. The Morgan fingerprint density at radius 1 is 1.03 bits per heavy atom. The highest BCUT2D eigenvalue weighted by Crippen LogP contribution is 2.44. The normalized spacial score (nSPS) is 21.0. The molecule has 1 aliphatic heterocycles. The van der Waals surface area contributed by atoms with Gasteiger partial charge in [0.05, 0.1) is 18.2 Å². The van der Waals surface area contributed by atoms with E-state index in [2.05, 4.69) is 0 Å². The third-order valence-corrected chi connectivity index (χ3v) is 6.55. The van der Waals surface area contributed by atoms with Gasteiger partial charge in [0.15, 0.2) is 6.61 Å². The summed E-state index contributed by atoms with van der Waals surface area (Å²) in [5, 5.41) is 8.44. The smallest absolute Gasteiger partial charge is 0.281 e. The monoisotopic (exact) mass is 452 g/mol. The van der Waals surface area contributed by atoms with Crippen LogP contribution in [-0.2, 0) is 4.79 Å². The average molecular weight is 453 g/mol. The predicted octanol–water partition coefficient (Wildman–Crippen LogP) is 6.23. The van der Waals surface area contributed by atoms with E-state index in [0.717, 1.165) is 52.8 Å². The van der Waals surface area contributed by atoms with E-state index in [1.165, 1.54) is 0 Å². The molecule has 3 heterocycles. The van der Waals surface area contributed by atoms with Crippen molar-refractivity contribution in [2.24, 2.45) is 11.0 Å². The van der Waals surface area contributed by atoms with Gasteiger partial charge in [-0.2, -0.15) is 5.10 Å². The van der Waals surface area contributed by atoms with Crippen molar-refractivity contribution >= 4 is 28.5 Å². The third-order valence-electron chi connectivity index (χ3n) is 6.55. The molecule has 170 valence electrons. The maximum Gasteiger partial charge on any atom is 0.281 e. The topological polar surface area (TPSA) is 68.2 Å². The van der Waals surface area contributed by atoms with E-state index in [4.69, 9.17) is 18.7 Å². The van der Waals surface area contributed by atoms with Crippen molar-refractivity contribution in [1.29, 1.82) is 0 Å². The highest BCUT2D eigenvalue weighted by atomic mass is 16.5. The van der Waals surface area contributed by atoms with Crippen LogP contribution in [0.5, 0.6) is 5.75 Å². The Bertz CT molecular complexity index is 1360. The first-order valence-electron chi connectivity index (χ1n) is 11.6. The summed E-state index contributed by atoms with van der Waals surface area (Å²) in [6.45, 7) is -0.105. The van der Waals surface area contributed by atoms with Crippen LogP contribution in [0.15, 0.2) is 98.8 Å². The molecule has 6 nitrogen and oxygen atoms in total. The molecular formula is C28H24N2O4. The lowest BCUT2D eigenvalue weighted by Gasteiger charge is -2.27. The Hall–Kier alpha value is -4.06. The number of carbonyl (C=O) groups excluding carboxylic acids is 1. The number of hydrazone groups is 1. The van der Waals surface area contributed by atoms with Crippen LogP contribution in [0.3, 0.4) is 0 Å². The van der Waals surface area contributed by atoms with Gasteiger partial charge in [-0.25, -0.2) is 5.01 Å². The summed E-state index contributed by atoms with van der Waals surface area (Å²) in [5.74, 6) is 2.08. The molecule has 2 aromatic carbocycles. The minimum atomic E-state index is -0.283. The fourth-order valence-electron chi connectivity index (χ4n) is 5.02. The first kappa shape index (κ1) is 20.5. The van der Waals surface area contributed by atoms with Crippen LogP contribution in [-0.4, -0.2) is 23.2 Å². The predicted molar refractivity (Wildman–Crippen MR) is 129 cm³/mol. The highest BCUT2D eigenvalue weighted by molar-refractivity contribution is 6.08. The van der Waals surface area contributed by atoms with Crippen molar-refractivity contribution in [1.82, 2.24) is 5.01 Å². The lowest BCUT2D eigenvalue weighted by Crippen LogP contribution is -2.34. The van der Waals surface area contributed by atoms with Crippen molar-refractivity contribution in [2.45, 2.75) is 25.3 Å². The number of rotatable bonds is 5. The number of fused-ring (bicyclic) bond motifs is 2. The van der Waals surface area contributed by atoms with Crippen molar-refractivity contribution in [2.75, 3.05) is 6.61 Å². The number of benzene rings is 2. The molecule has 0 N–H and O–H groups in total. The summed E-state index contributed by atoms with van der Waals surface area (Å²) in [4.78, 5) is 13.4. The van der Waals surface area contributed by atoms with Crippen molar-refractivity contribution in [3.05, 3.63) is 96.3 Å². The molecule has 1 amide bonds. The van der Waals surface area contributed by atoms with Gasteiger partial charge in [-0.15, -0.1) is 0 Å². The first-order valence-corrected chi connectivity index (χ1v) is 11.6. The summed E-state index contributed by atoms with van der Waals surface area (Å²) < 4.78 is 17.3. The van der Waals surface area contributed by atoms with Gasteiger partial charge < -0.3 is 13.6 Å². The standard InChI is InChI=1S/C28H24N2O4/c31-26(18-34-24-13-4-8-19-7-1-2-11-22(19)24)30-28(25-14-6-16-33-25)23-12-3-9-20(27(23)29-30)17-21-10-5-15-32-21/h1-2,4-8,10-11,13-17,23,28H,3,9,12,18H2/b20-17+. The number of nitrogens with zero attached hydrogens (tertiary/aromatic N) is 2. The van der Waals surface area contributed by atoms with Crippen LogP contribution < -0.4 is 4.74 Å². The van der Waals surface area contributed by atoms with Crippen LogP contribution in [0.25, 0.3) is 16.8 Å². The van der Waals surface area contributed by atoms with E-state index in [0.29, 0.717) is 5.75 Å². The molecule has 4 aromatic rings. The van der Waals surface area contributed by atoms with E-state index in [-0.39, 0.29) is 24.5 Å². The molecule has 0 bridgehead atoms. The van der Waals surface area contributed by atoms with Crippen molar-refractivity contribution in [3.63, 3.8) is 0 Å². The van der Waals surface area contributed by atoms with Crippen molar-refractivity contribution in [3.8, 4) is 5.75 Å². The van der Waals surface area contributed by atoms with Gasteiger partial charge >= 0.3 is 0 Å². The van der Waals surface area contributed by atoms with Gasteiger partial charge in [-0.1, -0.05) is 36.4 Å². The number of carbonyl (C=O) groups is 1. The summed E-state index contributed by atoms with van der Waals surface area (Å²) in [7, 11) is 0. The van der Waals surface area contributed by atoms with E-state index >= 15 is 0 Å². The van der Waals surface area contributed by atoms with Gasteiger partial charge in [0, 0.05) is 11.3 Å². The molecule has 2 atom stereocenters. The quantitative estimate of drug-likeness (QED) is 0.360. The second-order valence-corrected chi connectivity index (χ2v) is 8.63. The molecule has 6 heteroatoms. The maximum absolute atomic E-state index is 13.4. The molecule has 2 unspecified atom stereocenters. The highest BCUT2D eigenvalue weighted by Gasteiger charge is 2.45. The lowest BCUT2D eigenvalue weighted by atomic mass is 9.79. The van der Waals surface area contributed by atoms with Gasteiger partial charge in [0.2, 0.25) is 0 Å². The summed E-state index contributed by atoms with van der Waals surface area (Å²) in [5.41, 5.74) is 2.04.